The molecule has 2 nitrogen and oxygen atoms in total. The number of halogens is 1. The lowest BCUT2D eigenvalue weighted by Gasteiger charge is -2.30. The zero-order valence-electron chi connectivity index (χ0n) is 6.10. The van der Waals surface area contributed by atoms with Crippen LogP contribution < -0.4 is 0 Å². The fourth-order valence-corrected chi connectivity index (χ4v) is 0.928. The SMILES string of the molecule is C#CCOC(=O)C1(F)CCC1. The fraction of sp³-hybridized carbons (Fsp3) is 0.625. The Kier molecular flexibility index (Phi) is 2.13. The van der Waals surface area contributed by atoms with Crippen LogP contribution in [0.3, 0.4) is 0 Å². The maximum atomic E-state index is 13.1. The second-order valence-corrected chi connectivity index (χ2v) is 2.60. The molecule has 0 atom stereocenters. The standard InChI is InChI=1S/C8H9FO2/c1-2-6-11-7(10)8(9)4-3-5-8/h1H,3-6H2. The van der Waals surface area contributed by atoms with Crippen molar-refractivity contribution in [1.29, 1.82) is 0 Å². The summed E-state index contributed by atoms with van der Waals surface area (Å²) in [7, 11) is 0. The van der Waals surface area contributed by atoms with E-state index in [9.17, 15) is 9.18 Å². The number of hydrogen-bond acceptors (Lipinski definition) is 2. The number of esters is 1. The molecular weight excluding hydrogens is 147 g/mol. The van der Waals surface area contributed by atoms with Crippen molar-refractivity contribution in [2.24, 2.45) is 0 Å². The number of carbonyl (C=O) groups excluding carboxylic acids is 1. The molecule has 60 valence electrons. The Labute approximate surface area is 64.7 Å². The quantitative estimate of drug-likeness (QED) is 0.441. The molecule has 0 bridgehead atoms. The van der Waals surface area contributed by atoms with Gasteiger partial charge in [0.25, 0.3) is 0 Å². The van der Waals surface area contributed by atoms with Gasteiger partial charge in [0.15, 0.2) is 6.61 Å². The third kappa shape index (κ3) is 1.51. The minimum atomic E-state index is -1.73. The van der Waals surface area contributed by atoms with Crippen LogP contribution in [0.1, 0.15) is 19.3 Å². The van der Waals surface area contributed by atoms with Crippen molar-refractivity contribution in [2.45, 2.75) is 24.9 Å². The molecule has 0 amide bonds. The molecule has 3 heteroatoms. The van der Waals surface area contributed by atoms with Crippen LogP contribution in [-0.4, -0.2) is 18.2 Å². The average Bonchev–Trinajstić information content (AvgIpc) is 1.95. The molecule has 0 saturated heterocycles. The van der Waals surface area contributed by atoms with Crippen molar-refractivity contribution >= 4 is 5.97 Å². The Morgan fingerprint density at radius 3 is 2.73 bits per heavy atom. The van der Waals surface area contributed by atoms with Crippen LogP contribution in [0.5, 0.6) is 0 Å². The van der Waals surface area contributed by atoms with Gasteiger partial charge >= 0.3 is 5.97 Å². The smallest absolute Gasteiger partial charge is 0.344 e. The first kappa shape index (κ1) is 8.06. The molecular formula is C8H9FO2. The Balaban J connectivity index is 2.36. The average molecular weight is 156 g/mol. The predicted octanol–water partition coefficient (Wildman–Crippen LogP) is 1.05. The van der Waals surface area contributed by atoms with E-state index >= 15 is 0 Å². The number of rotatable bonds is 2. The molecule has 0 N–H and O–H groups in total. The largest absolute Gasteiger partial charge is 0.450 e. The molecule has 0 radical (unpaired) electrons. The molecule has 0 aromatic carbocycles. The normalized spacial score (nSPS) is 19.6. The second kappa shape index (κ2) is 2.91. The number of hydrogen-bond donors (Lipinski definition) is 0. The van der Waals surface area contributed by atoms with Gasteiger partial charge in [-0.1, -0.05) is 5.92 Å². The highest BCUT2D eigenvalue weighted by atomic mass is 19.1. The zero-order chi connectivity index (χ0) is 8.32. The lowest BCUT2D eigenvalue weighted by Crippen LogP contribution is -2.42. The summed E-state index contributed by atoms with van der Waals surface area (Å²) in [6.07, 6.45) is 6.13. The van der Waals surface area contributed by atoms with Gasteiger partial charge in [0.2, 0.25) is 5.67 Å². The summed E-state index contributed by atoms with van der Waals surface area (Å²) in [5, 5.41) is 0. The molecule has 1 aliphatic carbocycles. The van der Waals surface area contributed by atoms with E-state index in [1.54, 1.807) is 0 Å². The van der Waals surface area contributed by atoms with E-state index in [1.165, 1.54) is 0 Å². The lowest BCUT2D eigenvalue weighted by molar-refractivity contribution is -0.162. The minimum Gasteiger partial charge on any atom is -0.450 e. The van der Waals surface area contributed by atoms with Crippen molar-refractivity contribution in [3.8, 4) is 12.3 Å². The van der Waals surface area contributed by atoms with Gasteiger partial charge < -0.3 is 4.74 Å². The minimum absolute atomic E-state index is 0.134. The van der Waals surface area contributed by atoms with E-state index in [0.717, 1.165) is 6.42 Å². The van der Waals surface area contributed by atoms with Crippen LogP contribution in [0, 0.1) is 12.3 Å². The van der Waals surface area contributed by atoms with Crippen molar-refractivity contribution in [3.63, 3.8) is 0 Å². The predicted molar refractivity (Wildman–Crippen MR) is 37.5 cm³/mol. The van der Waals surface area contributed by atoms with Crippen LogP contribution in [0.25, 0.3) is 0 Å². The summed E-state index contributed by atoms with van der Waals surface area (Å²) in [6, 6.07) is 0. The molecule has 0 unspecified atom stereocenters. The molecule has 1 saturated carbocycles. The van der Waals surface area contributed by atoms with Gasteiger partial charge in [-0.05, 0) is 19.3 Å². The van der Waals surface area contributed by atoms with Gasteiger partial charge in [0, 0.05) is 0 Å². The highest BCUT2D eigenvalue weighted by Gasteiger charge is 2.46. The molecule has 1 rings (SSSR count). The van der Waals surface area contributed by atoms with Crippen LogP contribution >= 0.6 is 0 Å². The van der Waals surface area contributed by atoms with Gasteiger partial charge in [-0.2, -0.15) is 0 Å². The Hall–Kier alpha value is -1.04. The van der Waals surface area contributed by atoms with E-state index in [0.29, 0.717) is 0 Å². The number of ether oxygens (including phenoxy) is 1. The molecule has 0 aliphatic heterocycles. The van der Waals surface area contributed by atoms with Gasteiger partial charge in [-0.3, -0.25) is 0 Å². The highest BCUT2D eigenvalue weighted by Crippen LogP contribution is 2.36. The van der Waals surface area contributed by atoms with Crippen LogP contribution in [0.15, 0.2) is 0 Å². The first-order chi connectivity index (χ1) is 5.19. The van der Waals surface area contributed by atoms with Crippen LogP contribution in [-0.2, 0) is 9.53 Å². The summed E-state index contributed by atoms with van der Waals surface area (Å²) in [4.78, 5) is 10.8. The third-order valence-corrected chi connectivity index (χ3v) is 1.80. The second-order valence-electron chi connectivity index (χ2n) is 2.60. The molecule has 0 aromatic rings. The maximum Gasteiger partial charge on any atom is 0.344 e. The summed E-state index contributed by atoms with van der Waals surface area (Å²) in [6.45, 7) is -0.134. The number of alkyl halides is 1. The lowest BCUT2D eigenvalue weighted by atomic mass is 9.82. The summed E-state index contributed by atoms with van der Waals surface area (Å²) in [5.41, 5.74) is -1.73. The molecule has 1 fully saturated rings. The van der Waals surface area contributed by atoms with Crippen molar-refractivity contribution in [2.75, 3.05) is 6.61 Å². The molecule has 0 heterocycles. The van der Waals surface area contributed by atoms with Crippen LogP contribution in [0.2, 0.25) is 0 Å². The molecule has 0 spiro atoms. The zero-order valence-corrected chi connectivity index (χ0v) is 6.10. The first-order valence-electron chi connectivity index (χ1n) is 3.49. The summed E-state index contributed by atoms with van der Waals surface area (Å²) < 4.78 is 17.5. The van der Waals surface area contributed by atoms with E-state index < -0.39 is 11.6 Å². The fourth-order valence-electron chi connectivity index (χ4n) is 0.928. The number of carbonyl (C=O) groups is 1. The molecule has 1 aliphatic rings. The third-order valence-electron chi connectivity index (χ3n) is 1.80. The van der Waals surface area contributed by atoms with Crippen molar-refractivity contribution in [1.82, 2.24) is 0 Å². The molecule has 0 aromatic heterocycles. The highest BCUT2D eigenvalue weighted by molar-refractivity contribution is 5.80. The van der Waals surface area contributed by atoms with Crippen molar-refractivity contribution < 1.29 is 13.9 Å². The molecule has 11 heavy (non-hydrogen) atoms. The van der Waals surface area contributed by atoms with E-state index in [2.05, 4.69) is 10.7 Å². The Morgan fingerprint density at radius 1 is 1.73 bits per heavy atom. The topological polar surface area (TPSA) is 26.3 Å². The summed E-state index contributed by atoms with van der Waals surface area (Å²) >= 11 is 0. The van der Waals surface area contributed by atoms with Gasteiger partial charge in [0.05, 0.1) is 0 Å². The van der Waals surface area contributed by atoms with E-state index in [4.69, 9.17) is 6.42 Å². The van der Waals surface area contributed by atoms with Crippen LogP contribution in [0.4, 0.5) is 4.39 Å². The Morgan fingerprint density at radius 2 is 2.36 bits per heavy atom. The monoisotopic (exact) mass is 156 g/mol. The first-order valence-corrected chi connectivity index (χ1v) is 3.49. The maximum absolute atomic E-state index is 13.1. The number of terminal acetylenes is 1. The van der Waals surface area contributed by atoms with Gasteiger partial charge in [-0.25, -0.2) is 9.18 Å². The van der Waals surface area contributed by atoms with Crippen molar-refractivity contribution in [3.05, 3.63) is 0 Å². The summed E-state index contributed by atoms with van der Waals surface area (Å²) in [5.74, 6) is 1.31. The van der Waals surface area contributed by atoms with Gasteiger partial charge in [0.1, 0.15) is 0 Å². The van der Waals surface area contributed by atoms with E-state index in [1.807, 2.05) is 0 Å². The van der Waals surface area contributed by atoms with Gasteiger partial charge in [-0.15, -0.1) is 6.42 Å². The Bertz CT molecular complexity index is 201. The van der Waals surface area contributed by atoms with E-state index in [-0.39, 0.29) is 19.4 Å².